The quantitative estimate of drug-likeness (QED) is 0.730. The maximum Gasteiger partial charge on any atom is 0.254 e. The number of benzene rings is 2. The lowest BCUT2D eigenvalue weighted by atomic mass is 9.97. The van der Waals surface area contributed by atoms with Gasteiger partial charge in [-0.15, -0.1) is 0 Å². The number of carbonyl (C=O) groups excluding carboxylic acids is 2. The zero-order chi connectivity index (χ0) is 19.6. The lowest BCUT2D eigenvalue weighted by Gasteiger charge is -2.33. The van der Waals surface area contributed by atoms with Crippen molar-refractivity contribution in [2.75, 3.05) is 32.4 Å². The number of amides is 1. The van der Waals surface area contributed by atoms with E-state index in [1.807, 2.05) is 0 Å². The van der Waals surface area contributed by atoms with Gasteiger partial charge in [-0.2, -0.15) is 4.31 Å². The van der Waals surface area contributed by atoms with Crippen molar-refractivity contribution in [3.05, 3.63) is 70.2 Å². The molecule has 0 spiro atoms. The molecule has 1 saturated heterocycles. The van der Waals surface area contributed by atoms with Crippen LogP contribution in [0.2, 0.25) is 5.02 Å². The SMILES string of the molecule is CS(=O)(=O)N1CCN(C(=O)c2ccccc2C(=O)c2ccc(Cl)cc2)CC1. The largest absolute Gasteiger partial charge is 0.336 e. The molecule has 27 heavy (non-hydrogen) atoms. The lowest BCUT2D eigenvalue weighted by molar-refractivity contribution is 0.0695. The van der Waals surface area contributed by atoms with E-state index in [2.05, 4.69) is 0 Å². The zero-order valence-corrected chi connectivity index (χ0v) is 16.3. The van der Waals surface area contributed by atoms with Gasteiger partial charge in [0, 0.05) is 42.3 Å². The van der Waals surface area contributed by atoms with Crippen molar-refractivity contribution >= 4 is 33.3 Å². The molecule has 0 bridgehead atoms. The van der Waals surface area contributed by atoms with Crippen molar-refractivity contribution in [1.82, 2.24) is 9.21 Å². The van der Waals surface area contributed by atoms with Gasteiger partial charge in [-0.3, -0.25) is 9.59 Å². The van der Waals surface area contributed by atoms with Crippen molar-refractivity contribution in [3.8, 4) is 0 Å². The normalized spacial score (nSPS) is 15.6. The summed E-state index contributed by atoms with van der Waals surface area (Å²) in [5.41, 5.74) is 1.07. The molecule has 0 atom stereocenters. The summed E-state index contributed by atoms with van der Waals surface area (Å²) in [6, 6.07) is 13.2. The molecule has 6 nitrogen and oxygen atoms in total. The molecule has 8 heteroatoms. The Hall–Kier alpha value is -2.22. The Labute approximate surface area is 163 Å². The van der Waals surface area contributed by atoms with Crippen LogP contribution in [0.5, 0.6) is 0 Å². The fourth-order valence-electron chi connectivity index (χ4n) is 3.02. The number of hydrogen-bond donors (Lipinski definition) is 0. The van der Waals surface area contributed by atoms with Crippen LogP contribution in [0, 0.1) is 0 Å². The standard InChI is InChI=1S/C19H19ClN2O4S/c1-27(25,26)22-12-10-21(11-13-22)19(24)17-5-3-2-4-16(17)18(23)14-6-8-15(20)9-7-14/h2-9H,10-13H2,1H3. The molecule has 142 valence electrons. The second kappa shape index (κ2) is 7.80. The summed E-state index contributed by atoms with van der Waals surface area (Å²) < 4.78 is 24.6. The molecular formula is C19H19ClN2O4S. The molecular weight excluding hydrogens is 388 g/mol. The van der Waals surface area contributed by atoms with Crippen LogP contribution in [-0.4, -0.2) is 61.7 Å². The van der Waals surface area contributed by atoms with Gasteiger partial charge >= 0.3 is 0 Å². The molecule has 1 fully saturated rings. The first-order valence-electron chi connectivity index (χ1n) is 8.41. The van der Waals surface area contributed by atoms with E-state index in [4.69, 9.17) is 11.6 Å². The van der Waals surface area contributed by atoms with Gasteiger partial charge in [0.2, 0.25) is 10.0 Å². The Bertz CT molecular complexity index is 965. The van der Waals surface area contributed by atoms with Crippen molar-refractivity contribution in [3.63, 3.8) is 0 Å². The minimum absolute atomic E-state index is 0.248. The van der Waals surface area contributed by atoms with Crippen LogP contribution in [0.1, 0.15) is 26.3 Å². The number of nitrogens with zero attached hydrogens (tertiary/aromatic N) is 2. The van der Waals surface area contributed by atoms with Crippen LogP contribution < -0.4 is 0 Å². The molecule has 2 aromatic rings. The fourth-order valence-corrected chi connectivity index (χ4v) is 3.97. The van der Waals surface area contributed by atoms with Gasteiger partial charge in [-0.05, 0) is 30.3 Å². The average molecular weight is 407 g/mol. The van der Waals surface area contributed by atoms with E-state index >= 15 is 0 Å². The highest BCUT2D eigenvalue weighted by Gasteiger charge is 2.28. The number of piperazine rings is 1. The Kier molecular flexibility index (Phi) is 5.64. The summed E-state index contributed by atoms with van der Waals surface area (Å²) in [5.74, 6) is -0.536. The Morgan fingerprint density at radius 1 is 0.889 bits per heavy atom. The Morgan fingerprint density at radius 3 is 2.00 bits per heavy atom. The first kappa shape index (κ1) is 19.5. The molecule has 1 aliphatic heterocycles. The summed E-state index contributed by atoms with van der Waals surface area (Å²) in [6.07, 6.45) is 1.16. The highest BCUT2D eigenvalue weighted by atomic mass is 35.5. The number of ketones is 1. The van der Waals surface area contributed by atoms with Gasteiger partial charge in [0.05, 0.1) is 11.8 Å². The molecule has 0 saturated carbocycles. The average Bonchev–Trinajstić information content (AvgIpc) is 2.67. The van der Waals surface area contributed by atoms with Crippen LogP contribution in [0.15, 0.2) is 48.5 Å². The minimum Gasteiger partial charge on any atom is -0.336 e. The third-order valence-corrected chi connectivity index (χ3v) is 6.06. The third-order valence-electron chi connectivity index (χ3n) is 4.50. The molecule has 0 N–H and O–H groups in total. The van der Waals surface area contributed by atoms with Crippen LogP contribution in [0.25, 0.3) is 0 Å². The number of rotatable bonds is 4. The molecule has 1 aliphatic rings. The zero-order valence-electron chi connectivity index (χ0n) is 14.8. The van der Waals surface area contributed by atoms with Gasteiger partial charge in [0.1, 0.15) is 0 Å². The van der Waals surface area contributed by atoms with E-state index in [0.29, 0.717) is 21.7 Å². The van der Waals surface area contributed by atoms with Crippen LogP contribution >= 0.6 is 11.6 Å². The van der Waals surface area contributed by atoms with Gasteiger partial charge in [-0.25, -0.2) is 8.42 Å². The molecule has 2 aromatic carbocycles. The van der Waals surface area contributed by atoms with Crippen molar-refractivity contribution in [1.29, 1.82) is 0 Å². The van der Waals surface area contributed by atoms with E-state index in [-0.39, 0.29) is 37.9 Å². The minimum atomic E-state index is -3.27. The molecule has 0 radical (unpaired) electrons. The first-order chi connectivity index (χ1) is 12.8. The molecule has 0 aromatic heterocycles. The first-order valence-corrected chi connectivity index (χ1v) is 10.6. The highest BCUT2D eigenvalue weighted by Crippen LogP contribution is 2.19. The molecule has 0 unspecified atom stereocenters. The van der Waals surface area contributed by atoms with Gasteiger partial charge < -0.3 is 4.90 Å². The van der Waals surface area contributed by atoms with Crippen molar-refractivity contribution in [2.24, 2.45) is 0 Å². The van der Waals surface area contributed by atoms with E-state index < -0.39 is 10.0 Å². The van der Waals surface area contributed by atoms with Gasteiger partial charge in [-0.1, -0.05) is 29.8 Å². The van der Waals surface area contributed by atoms with Crippen LogP contribution in [0.4, 0.5) is 0 Å². The summed E-state index contributed by atoms with van der Waals surface area (Å²) in [4.78, 5) is 27.4. The van der Waals surface area contributed by atoms with E-state index in [9.17, 15) is 18.0 Å². The smallest absolute Gasteiger partial charge is 0.254 e. The number of carbonyl (C=O) groups is 2. The van der Waals surface area contributed by atoms with Crippen LogP contribution in [0.3, 0.4) is 0 Å². The number of halogens is 1. The predicted molar refractivity (Wildman–Crippen MR) is 104 cm³/mol. The fraction of sp³-hybridized carbons (Fsp3) is 0.263. The second-order valence-corrected chi connectivity index (χ2v) is 8.75. The monoisotopic (exact) mass is 406 g/mol. The third kappa shape index (κ3) is 4.37. The van der Waals surface area contributed by atoms with Crippen molar-refractivity contribution < 1.29 is 18.0 Å². The maximum absolute atomic E-state index is 13.0. The van der Waals surface area contributed by atoms with Crippen molar-refractivity contribution in [2.45, 2.75) is 0 Å². The van der Waals surface area contributed by atoms with Gasteiger partial charge in [0.25, 0.3) is 5.91 Å². The predicted octanol–water partition coefficient (Wildman–Crippen LogP) is 2.29. The maximum atomic E-state index is 13.0. The number of hydrogen-bond acceptors (Lipinski definition) is 4. The molecule has 1 heterocycles. The summed E-state index contributed by atoms with van der Waals surface area (Å²) in [6.45, 7) is 1.07. The molecule has 3 rings (SSSR count). The van der Waals surface area contributed by atoms with E-state index in [0.717, 1.165) is 6.26 Å². The number of sulfonamides is 1. The highest BCUT2D eigenvalue weighted by molar-refractivity contribution is 7.88. The van der Waals surface area contributed by atoms with E-state index in [1.165, 1.54) is 4.31 Å². The summed E-state index contributed by atoms with van der Waals surface area (Å²) in [5, 5.41) is 0.527. The van der Waals surface area contributed by atoms with Gasteiger partial charge in [0.15, 0.2) is 5.78 Å². The Morgan fingerprint density at radius 2 is 1.44 bits per heavy atom. The van der Waals surface area contributed by atoms with E-state index in [1.54, 1.807) is 53.4 Å². The lowest BCUT2D eigenvalue weighted by Crippen LogP contribution is -2.50. The summed E-state index contributed by atoms with van der Waals surface area (Å²) >= 11 is 5.87. The second-order valence-electron chi connectivity index (χ2n) is 6.34. The molecule has 0 aliphatic carbocycles. The Balaban J connectivity index is 1.83. The molecule has 1 amide bonds. The van der Waals surface area contributed by atoms with Crippen LogP contribution in [-0.2, 0) is 10.0 Å². The topological polar surface area (TPSA) is 74.8 Å². The summed E-state index contributed by atoms with van der Waals surface area (Å²) in [7, 11) is -3.27.